The van der Waals surface area contributed by atoms with Crippen molar-refractivity contribution < 1.29 is 14.1 Å². The van der Waals surface area contributed by atoms with Crippen LogP contribution in [0.15, 0.2) is 27.3 Å². The second-order valence-electron chi connectivity index (χ2n) is 5.60. The first-order chi connectivity index (χ1) is 11.1. The molecular weight excluding hydrogens is 362 g/mol. The molecule has 0 radical (unpaired) electrons. The summed E-state index contributed by atoms with van der Waals surface area (Å²) in [5.41, 5.74) is 1.22. The van der Waals surface area contributed by atoms with Gasteiger partial charge in [0.25, 0.3) is 5.91 Å². The van der Waals surface area contributed by atoms with E-state index in [1.165, 1.54) is 0 Å². The summed E-state index contributed by atoms with van der Waals surface area (Å²) in [5.74, 6) is 1.16. The van der Waals surface area contributed by atoms with Gasteiger partial charge in [-0.1, -0.05) is 5.16 Å². The number of nitrogens with zero attached hydrogens (tertiary/aromatic N) is 3. The molecule has 0 spiro atoms. The minimum Gasteiger partial charge on any atom is -0.473 e. The molecule has 122 valence electrons. The van der Waals surface area contributed by atoms with Crippen LogP contribution in [0.2, 0.25) is 0 Å². The summed E-state index contributed by atoms with van der Waals surface area (Å²) >= 11 is 3.43. The van der Waals surface area contributed by atoms with Crippen LogP contribution in [0, 0.1) is 13.8 Å². The average molecular weight is 380 g/mol. The number of amides is 1. The first-order valence-electron chi connectivity index (χ1n) is 7.55. The summed E-state index contributed by atoms with van der Waals surface area (Å²) in [4.78, 5) is 18.6. The predicted molar refractivity (Wildman–Crippen MR) is 87.5 cm³/mol. The second kappa shape index (κ2) is 6.70. The van der Waals surface area contributed by atoms with Crippen molar-refractivity contribution in [3.8, 4) is 5.88 Å². The smallest absolute Gasteiger partial charge is 0.259 e. The van der Waals surface area contributed by atoms with Crippen LogP contribution in [0.4, 0.5) is 0 Å². The fraction of sp³-hybridized carbons (Fsp3) is 0.438. The Kier molecular flexibility index (Phi) is 4.66. The number of rotatable bonds is 3. The van der Waals surface area contributed by atoms with Gasteiger partial charge in [-0.25, -0.2) is 4.98 Å². The Bertz CT molecular complexity index is 689. The Labute approximate surface area is 142 Å². The number of halogens is 1. The number of hydrogen-bond acceptors (Lipinski definition) is 5. The number of likely N-dealkylation sites (tertiary alicyclic amines) is 1. The SMILES string of the molecule is Cc1noc(C)c1C(=O)N1CCC(Oc2ncccc2Br)CC1. The highest BCUT2D eigenvalue weighted by Crippen LogP contribution is 2.25. The molecule has 2 aromatic heterocycles. The van der Waals surface area contributed by atoms with Gasteiger partial charge < -0.3 is 14.2 Å². The van der Waals surface area contributed by atoms with Gasteiger partial charge in [-0.05, 0) is 41.9 Å². The van der Waals surface area contributed by atoms with Crippen LogP contribution in [-0.2, 0) is 0 Å². The molecule has 1 aliphatic heterocycles. The molecular formula is C16H18BrN3O3. The largest absolute Gasteiger partial charge is 0.473 e. The summed E-state index contributed by atoms with van der Waals surface area (Å²) in [6.07, 6.45) is 3.32. The lowest BCUT2D eigenvalue weighted by molar-refractivity contribution is 0.0584. The third-order valence-electron chi connectivity index (χ3n) is 3.98. The van der Waals surface area contributed by atoms with Gasteiger partial charge in [0.2, 0.25) is 5.88 Å². The van der Waals surface area contributed by atoms with E-state index in [1.54, 1.807) is 20.0 Å². The fourth-order valence-corrected chi connectivity index (χ4v) is 3.09. The van der Waals surface area contributed by atoms with Crippen molar-refractivity contribution in [1.29, 1.82) is 0 Å². The van der Waals surface area contributed by atoms with E-state index in [2.05, 4.69) is 26.1 Å². The van der Waals surface area contributed by atoms with Crippen molar-refractivity contribution in [1.82, 2.24) is 15.0 Å². The number of aromatic nitrogens is 2. The number of aryl methyl sites for hydroxylation is 2. The summed E-state index contributed by atoms with van der Waals surface area (Å²) in [6, 6.07) is 3.75. The third kappa shape index (κ3) is 3.39. The molecule has 23 heavy (non-hydrogen) atoms. The average Bonchev–Trinajstić information content (AvgIpc) is 2.88. The Hall–Kier alpha value is -1.89. The van der Waals surface area contributed by atoms with Crippen LogP contribution >= 0.6 is 15.9 Å². The van der Waals surface area contributed by atoms with Gasteiger partial charge in [-0.2, -0.15) is 0 Å². The molecule has 0 N–H and O–H groups in total. The first-order valence-corrected chi connectivity index (χ1v) is 8.35. The molecule has 3 rings (SSSR count). The molecule has 0 aromatic carbocycles. The van der Waals surface area contributed by atoms with Gasteiger partial charge in [0.1, 0.15) is 17.4 Å². The zero-order valence-electron chi connectivity index (χ0n) is 13.1. The van der Waals surface area contributed by atoms with E-state index in [4.69, 9.17) is 9.26 Å². The quantitative estimate of drug-likeness (QED) is 0.819. The zero-order chi connectivity index (χ0) is 16.4. The van der Waals surface area contributed by atoms with Gasteiger partial charge in [0.05, 0.1) is 10.2 Å². The molecule has 3 heterocycles. The highest BCUT2D eigenvalue weighted by Gasteiger charge is 2.28. The molecule has 2 aromatic rings. The standard InChI is InChI=1S/C16H18BrN3O3/c1-10-14(11(2)23-19-10)16(21)20-8-5-12(6-9-20)22-15-13(17)4-3-7-18-15/h3-4,7,12H,5-6,8-9H2,1-2H3. The number of carbonyl (C=O) groups is 1. The van der Waals surface area contributed by atoms with E-state index in [0.717, 1.165) is 17.3 Å². The second-order valence-corrected chi connectivity index (χ2v) is 6.45. The normalized spacial score (nSPS) is 15.7. The minimum absolute atomic E-state index is 0.0151. The predicted octanol–water partition coefficient (Wildman–Crippen LogP) is 3.13. The van der Waals surface area contributed by atoms with E-state index in [-0.39, 0.29) is 12.0 Å². The van der Waals surface area contributed by atoms with E-state index in [1.807, 2.05) is 17.0 Å². The van der Waals surface area contributed by atoms with Crippen LogP contribution in [0.1, 0.15) is 34.7 Å². The summed E-state index contributed by atoms with van der Waals surface area (Å²) < 4.78 is 11.9. The van der Waals surface area contributed by atoms with Crippen molar-refractivity contribution in [3.05, 3.63) is 39.8 Å². The van der Waals surface area contributed by atoms with Crippen LogP contribution < -0.4 is 4.74 Å². The van der Waals surface area contributed by atoms with Crippen molar-refractivity contribution in [3.63, 3.8) is 0 Å². The van der Waals surface area contributed by atoms with Crippen molar-refractivity contribution in [2.75, 3.05) is 13.1 Å². The van der Waals surface area contributed by atoms with Crippen LogP contribution in [0.3, 0.4) is 0 Å². The molecule has 1 saturated heterocycles. The third-order valence-corrected chi connectivity index (χ3v) is 4.58. The lowest BCUT2D eigenvalue weighted by Crippen LogP contribution is -2.42. The highest BCUT2D eigenvalue weighted by atomic mass is 79.9. The molecule has 1 amide bonds. The van der Waals surface area contributed by atoms with E-state index in [9.17, 15) is 4.79 Å². The van der Waals surface area contributed by atoms with E-state index >= 15 is 0 Å². The lowest BCUT2D eigenvalue weighted by Gasteiger charge is -2.32. The first kappa shape index (κ1) is 16.0. The zero-order valence-corrected chi connectivity index (χ0v) is 14.7. The van der Waals surface area contributed by atoms with Gasteiger partial charge >= 0.3 is 0 Å². The Morgan fingerprint density at radius 2 is 2.13 bits per heavy atom. The van der Waals surface area contributed by atoms with Crippen molar-refractivity contribution in [2.24, 2.45) is 0 Å². The Morgan fingerprint density at radius 3 is 2.74 bits per heavy atom. The molecule has 1 aliphatic rings. The maximum atomic E-state index is 12.6. The van der Waals surface area contributed by atoms with Crippen LogP contribution in [-0.4, -0.2) is 40.1 Å². The molecule has 7 heteroatoms. The van der Waals surface area contributed by atoms with Crippen molar-refractivity contribution in [2.45, 2.75) is 32.8 Å². The highest BCUT2D eigenvalue weighted by molar-refractivity contribution is 9.10. The number of hydrogen-bond donors (Lipinski definition) is 0. The molecule has 1 fully saturated rings. The van der Waals surface area contributed by atoms with Gasteiger partial charge in [0.15, 0.2) is 0 Å². The summed E-state index contributed by atoms with van der Waals surface area (Å²) in [7, 11) is 0. The molecule has 0 saturated carbocycles. The van der Waals surface area contributed by atoms with E-state index < -0.39 is 0 Å². The van der Waals surface area contributed by atoms with E-state index in [0.29, 0.717) is 36.0 Å². The lowest BCUT2D eigenvalue weighted by atomic mass is 10.1. The number of piperidine rings is 1. The Morgan fingerprint density at radius 1 is 1.39 bits per heavy atom. The molecule has 0 aliphatic carbocycles. The topological polar surface area (TPSA) is 68.5 Å². The van der Waals surface area contributed by atoms with Gasteiger partial charge in [0, 0.05) is 32.1 Å². The van der Waals surface area contributed by atoms with Gasteiger partial charge in [-0.15, -0.1) is 0 Å². The maximum absolute atomic E-state index is 12.6. The molecule has 0 atom stereocenters. The molecule has 0 bridgehead atoms. The van der Waals surface area contributed by atoms with Crippen LogP contribution in [0.5, 0.6) is 5.88 Å². The van der Waals surface area contributed by atoms with Crippen molar-refractivity contribution >= 4 is 21.8 Å². The summed E-state index contributed by atoms with van der Waals surface area (Å²) in [5, 5.41) is 3.85. The van der Waals surface area contributed by atoms with Crippen LogP contribution in [0.25, 0.3) is 0 Å². The number of carbonyl (C=O) groups excluding carboxylic acids is 1. The Balaban J connectivity index is 1.60. The molecule has 6 nitrogen and oxygen atoms in total. The number of pyridine rings is 1. The maximum Gasteiger partial charge on any atom is 0.259 e. The number of ether oxygens (including phenoxy) is 1. The fourth-order valence-electron chi connectivity index (χ4n) is 2.74. The summed E-state index contributed by atoms with van der Waals surface area (Å²) in [6.45, 7) is 4.86. The van der Waals surface area contributed by atoms with Gasteiger partial charge in [-0.3, -0.25) is 4.79 Å². The molecule has 0 unspecified atom stereocenters. The minimum atomic E-state index is -0.0151. The monoisotopic (exact) mass is 379 g/mol.